The summed E-state index contributed by atoms with van der Waals surface area (Å²) in [6.45, 7) is 2.64. The first kappa shape index (κ1) is 12.7. The molecule has 18 heavy (non-hydrogen) atoms. The lowest BCUT2D eigenvalue weighted by atomic mass is 10.2. The highest BCUT2D eigenvalue weighted by molar-refractivity contribution is 7.15. The van der Waals surface area contributed by atoms with Gasteiger partial charge in [-0.2, -0.15) is 0 Å². The van der Waals surface area contributed by atoms with E-state index in [1.165, 1.54) is 11.3 Å². The van der Waals surface area contributed by atoms with Crippen LogP contribution in [0.4, 0.5) is 9.93 Å². The molecule has 0 saturated carbocycles. The summed E-state index contributed by atoms with van der Waals surface area (Å²) in [6.07, 6.45) is 1.42. The van der Waals surface area contributed by atoms with Crippen LogP contribution in [0.15, 0.2) is 0 Å². The molecule has 2 N–H and O–H groups in total. The number of urea groups is 1. The average Bonchev–Trinajstić information content (AvgIpc) is 2.91. The molecule has 1 saturated heterocycles. The van der Waals surface area contributed by atoms with E-state index in [0.717, 1.165) is 11.4 Å². The Morgan fingerprint density at radius 3 is 2.89 bits per heavy atom. The summed E-state index contributed by atoms with van der Waals surface area (Å²) in [6, 6.07) is -0.851. The standard InChI is InChI=1S/C10H15N5O2S/c1-3-7-13-14-10(18-7)12-9(17)11-6-4-5-15(2)8(6)16/h6H,3-5H2,1-2H3,(H2,11,12,14,17). The lowest BCUT2D eigenvalue weighted by molar-refractivity contribution is -0.128. The maximum Gasteiger partial charge on any atom is 0.321 e. The Labute approximate surface area is 109 Å². The van der Waals surface area contributed by atoms with Crippen molar-refractivity contribution in [1.29, 1.82) is 0 Å². The average molecular weight is 269 g/mol. The Morgan fingerprint density at radius 2 is 2.33 bits per heavy atom. The first-order chi connectivity index (χ1) is 8.60. The number of aromatic nitrogens is 2. The molecule has 0 spiro atoms. The molecular weight excluding hydrogens is 254 g/mol. The van der Waals surface area contributed by atoms with Gasteiger partial charge in [-0.15, -0.1) is 10.2 Å². The minimum Gasteiger partial charge on any atom is -0.344 e. The van der Waals surface area contributed by atoms with Crippen LogP contribution in [0, 0.1) is 0 Å². The van der Waals surface area contributed by atoms with Crippen molar-refractivity contribution in [2.45, 2.75) is 25.8 Å². The van der Waals surface area contributed by atoms with Gasteiger partial charge >= 0.3 is 6.03 Å². The van der Waals surface area contributed by atoms with Crippen molar-refractivity contribution in [1.82, 2.24) is 20.4 Å². The minimum atomic E-state index is -0.437. The van der Waals surface area contributed by atoms with Crippen LogP contribution in [0.5, 0.6) is 0 Å². The van der Waals surface area contributed by atoms with Crippen LogP contribution in [-0.2, 0) is 11.2 Å². The number of carbonyl (C=O) groups is 2. The van der Waals surface area contributed by atoms with Gasteiger partial charge in [0.1, 0.15) is 11.0 Å². The number of likely N-dealkylation sites (tertiary alicyclic amines) is 1. The fraction of sp³-hybridized carbons (Fsp3) is 0.600. The zero-order chi connectivity index (χ0) is 13.1. The number of aryl methyl sites for hydroxylation is 1. The van der Waals surface area contributed by atoms with Gasteiger partial charge in [0.05, 0.1) is 0 Å². The number of nitrogens with one attached hydrogen (secondary N) is 2. The van der Waals surface area contributed by atoms with Crippen molar-refractivity contribution in [2.75, 3.05) is 18.9 Å². The van der Waals surface area contributed by atoms with E-state index in [1.807, 2.05) is 6.92 Å². The molecule has 1 atom stereocenters. The van der Waals surface area contributed by atoms with Gasteiger partial charge in [-0.05, 0) is 12.8 Å². The lowest BCUT2D eigenvalue weighted by Gasteiger charge is -2.11. The predicted molar refractivity (Wildman–Crippen MR) is 67.5 cm³/mol. The van der Waals surface area contributed by atoms with E-state index in [-0.39, 0.29) is 5.91 Å². The molecule has 2 rings (SSSR count). The van der Waals surface area contributed by atoms with E-state index >= 15 is 0 Å². The molecule has 98 valence electrons. The maximum atomic E-state index is 11.7. The van der Waals surface area contributed by atoms with Crippen LogP contribution < -0.4 is 10.6 Å². The second-order valence-corrected chi connectivity index (χ2v) is 5.12. The smallest absolute Gasteiger partial charge is 0.321 e. The van der Waals surface area contributed by atoms with Gasteiger partial charge in [-0.25, -0.2) is 4.79 Å². The van der Waals surface area contributed by atoms with Gasteiger partial charge in [0.2, 0.25) is 11.0 Å². The van der Waals surface area contributed by atoms with Crippen molar-refractivity contribution in [3.8, 4) is 0 Å². The second kappa shape index (κ2) is 5.30. The molecule has 7 nitrogen and oxygen atoms in total. The first-order valence-electron chi connectivity index (χ1n) is 5.75. The number of hydrogen-bond donors (Lipinski definition) is 2. The molecule has 0 aromatic carbocycles. The second-order valence-electron chi connectivity index (χ2n) is 4.05. The van der Waals surface area contributed by atoms with Gasteiger partial charge < -0.3 is 10.2 Å². The number of amides is 3. The number of likely N-dealkylation sites (N-methyl/N-ethyl adjacent to an activating group) is 1. The summed E-state index contributed by atoms with van der Waals surface area (Å²) in [5.41, 5.74) is 0. The van der Waals surface area contributed by atoms with E-state index in [1.54, 1.807) is 11.9 Å². The number of anilines is 1. The van der Waals surface area contributed by atoms with E-state index in [9.17, 15) is 9.59 Å². The van der Waals surface area contributed by atoms with Crippen LogP contribution in [0.3, 0.4) is 0 Å². The monoisotopic (exact) mass is 269 g/mol. The number of hydrogen-bond acceptors (Lipinski definition) is 5. The van der Waals surface area contributed by atoms with Crippen molar-refractivity contribution >= 4 is 28.4 Å². The highest BCUT2D eigenvalue weighted by Crippen LogP contribution is 2.15. The molecule has 3 amide bonds. The zero-order valence-corrected chi connectivity index (χ0v) is 11.1. The highest BCUT2D eigenvalue weighted by atomic mass is 32.1. The molecule has 1 aromatic rings. The number of carbonyl (C=O) groups excluding carboxylic acids is 2. The van der Waals surface area contributed by atoms with Crippen LogP contribution in [-0.4, -0.2) is 46.7 Å². The van der Waals surface area contributed by atoms with Gasteiger partial charge in [0.25, 0.3) is 0 Å². The summed E-state index contributed by atoms with van der Waals surface area (Å²) in [5.74, 6) is -0.0586. The molecule has 1 fully saturated rings. The summed E-state index contributed by atoms with van der Waals surface area (Å²) < 4.78 is 0. The van der Waals surface area contributed by atoms with E-state index < -0.39 is 12.1 Å². The molecule has 1 aliphatic heterocycles. The van der Waals surface area contributed by atoms with E-state index in [2.05, 4.69) is 20.8 Å². The van der Waals surface area contributed by atoms with Crippen LogP contribution in [0.1, 0.15) is 18.4 Å². The third kappa shape index (κ3) is 2.76. The van der Waals surface area contributed by atoms with Gasteiger partial charge in [-0.3, -0.25) is 10.1 Å². The third-order valence-electron chi connectivity index (χ3n) is 2.72. The minimum absolute atomic E-state index is 0.0586. The Kier molecular flexibility index (Phi) is 3.75. The van der Waals surface area contributed by atoms with E-state index in [4.69, 9.17) is 0 Å². The van der Waals surface area contributed by atoms with Crippen LogP contribution in [0.2, 0.25) is 0 Å². The maximum absolute atomic E-state index is 11.7. The third-order valence-corrected chi connectivity index (χ3v) is 3.71. The molecular formula is C10H15N5O2S. The SMILES string of the molecule is CCc1nnc(NC(=O)NC2CCN(C)C2=O)s1. The molecule has 0 bridgehead atoms. The summed E-state index contributed by atoms with van der Waals surface area (Å²) in [4.78, 5) is 24.9. The molecule has 8 heteroatoms. The van der Waals surface area contributed by atoms with Gasteiger partial charge in [0.15, 0.2) is 0 Å². The molecule has 1 aromatic heterocycles. The molecule has 0 aliphatic carbocycles. The predicted octanol–water partition coefficient (Wildman–Crippen LogP) is 0.453. The Balaban J connectivity index is 1.87. The number of nitrogens with zero attached hydrogens (tertiary/aromatic N) is 3. The summed E-state index contributed by atoms with van der Waals surface area (Å²) in [5, 5.41) is 14.3. The summed E-state index contributed by atoms with van der Waals surface area (Å²) in [7, 11) is 1.72. The van der Waals surface area contributed by atoms with Crippen molar-refractivity contribution in [3.05, 3.63) is 5.01 Å². The number of rotatable bonds is 3. The quantitative estimate of drug-likeness (QED) is 0.834. The summed E-state index contributed by atoms with van der Waals surface area (Å²) >= 11 is 1.33. The van der Waals surface area contributed by atoms with Crippen LogP contribution >= 0.6 is 11.3 Å². The Morgan fingerprint density at radius 1 is 1.56 bits per heavy atom. The molecule has 1 unspecified atom stereocenters. The normalized spacial score (nSPS) is 19.1. The van der Waals surface area contributed by atoms with Gasteiger partial charge in [0, 0.05) is 13.6 Å². The Hall–Kier alpha value is -1.70. The van der Waals surface area contributed by atoms with Crippen molar-refractivity contribution < 1.29 is 9.59 Å². The zero-order valence-electron chi connectivity index (χ0n) is 10.3. The fourth-order valence-electron chi connectivity index (χ4n) is 1.69. The molecule has 1 aliphatic rings. The fourth-order valence-corrected chi connectivity index (χ4v) is 2.37. The van der Waals surface area contributed by atoms with Gasteiger partial charge in [-0.1, -0.05) is 18.3 Å². The topological polar surface area (TPSA) is 87.2 Å². The highest BCUT2D eigenvalue weighted by Gasteiger charge is 2.30. The largest absolute Gasteiger partial charge is 0.344 e. The molecule has 2 heterocycles. The van der Waals surface area contributed by atoms with Crippen LogP contribution in [0.25, 0.3) is 0 Å². The lowest BCUT2D eigenvalue weighted by Crippen LogP contribution is -2.42. The van der Waals surface area contributed by atoms with E-state index in [0.29, 0.717) is 18.1 Å². The van der Waals surface area contributed by atoms with Crippen molar-refractivity contribution in [3.63, 3.8) is 0 Å². The first-order valence-corrected chi connectivity index (χ1v) is 6.56. The van der Waals surface area contributed by atoms with Crippen molar-refractivity contribution in [2.24, 2.45) is 0 Å². The molecule has 0 radical (unpaired) electrons. The Bertz CT molecular complexity index is 461.